The van der Waals surface area contributed by atoms with Gasteiger partial charge in [0, 0.05) is 12.4 Å². The second-order valence-corrected chi connectivity index (χ2v) is 3.61. The Balaban J connectivity index is 2.20. The molecule has 2 aromatic rings. The van der Waals surface area contributed by atoms with Crippen LogP contribution in [0.5, 0.6) is 5.75 Å². The maximum Gasteiger partial charge on any atom is 0.141 e. The third kappa shape index (κ3) is 2.31. The molecule has 3 heteroatoms. The van der Waals surface area contributed by atoms with E-state index in [-0.39, 0.29) is 0 Å². The molecule has 0 amide bonds. The van der Waals surface area contributed by atoms with Crippen LogP contribution < -0.4 is 10.5 Å². The maximum absolute atomic E-state index is 5.84. The molecule has 0 aliphatic carbocycles. The van der Waals surface area contributed by atoms with Gasteiger partial charge >= 0.3 is 0 Å². The summed E-state index contributed by atoms with van der Waals surface area (Å²) in [6, 6.07) is 9.82. The zero-order chi connectivity index (χ0) is 11.4. The lowest BCUT2D eigenvalue weighted by Gasteiger charge is -2.07. The first kappa shape index (κ1) is 10.5. The second-order valence-electron chi connectivity index (χ2n) is 3.61. The zero-order valence-electron chi connectivity index (χ0n) is 9.18. The number of anilines is 1. The van der Waals surface area contributed by atoms with Crippen molar-refractivity contribution in [3.63, 3.8) is 0 Å². The lowest BCUT2D eigenvalue weighted by atomic mass is 10.1. The molecule has 0 unspecified atom stereocenters. The highest BCUT2D eigenvalue weighted by Gasteiger charge is 2.01. The molecule has 0 radical (unpaired) electrons. The van der Waals surface area contributed by atoms with E-state index in [1.807, 2.05) is 36.5 Å². The number of hydrogen-bond acceptors (Lipinski definition) is 3. The van der Waals surface area contributed by atoms with E-state index in [0.29, 0.717) is 5.69 Å². The van der Waals surface area contributed by atoms with Crippen LogP contribution in [-0.2, 0) is 6.42 Å². The average molecular weight is 214 g/mol. The van der Waals surface area contributed by atoms with Crippen molar-refractivity contribution < 1.29 is 4.74 Å². The van der Waals surface area contributed by atoms with E-state index in [2.05, 4.69) is 4.98 Å². The van der Waals surface area contributed by atoms with Gasteiger partial charge in [-0.05, 0) is 35.7 Å². The molecule has 0 spiro atoms. The molecule has 3 nitrogen and oxygen atoms in total. The SMILES string of the molecule is COc1ccc(Cc2cccnc2)cc1N. The molecule has 2 N–H and O–H groups in total. The summed E-state index contributed by atoms with van der Waals surface area (Å²) in [4.78, 5) is 4.08. The molecule has 82 valence electrons. The molecule has 0 fully saturated rings. The number of benzene rings is 1. The standard InChI is InChI=1S/C13H14N2O/c1-16-13-5-4-10(8-12(13)14)7-11-3-2-6-15-9-11/h2-6,8-9H,7,14H2,1H3. The van der Waals surface area contributed by atoms with Gasteiger partial charge in [0.05, 0.1) is 12.8 Å². The summed E-state index contributed by atoms with van der Waals surface area (Å²) in [7, 11) is 1.62. The van der Waals surface area contributed by atoms with E-state index in [9.17, 15) is 0 Å². The second kappa shape index (κ2) is 4.66. The largest absolute Gasteiger partial charge is 0.495 e. The molecule has 1 heterocycles. The summed E-state index contributed by atoms with van der Waals surface area (Å²) >= 11 is 0. The van der Waals surface area contributed by atoms with Crippen LogP contribution in [0.4, 0.5) is 5.69 Å². The van der Waals surface area contributed by atoms with E-state index in [1.165, 1.54) is 5.56 Å². The third-order valence-corrected chi connectivity index (χ3v) is 2.43. The Morgan fingerprint density at radius 2 is 2.12 bits per heavy atom. The lowest BCUT2D eigenvalue weighted by molar-refractivity contribution is 0.417. The molecule has 2 rings (SSSR count). The van der Waals surface area contributed by atoms with E-state index in [0.717, 1.165) is 17.7 Å². The van der Waals surface area contributed by atoms with Gasteiger partial charge in [0.2, 0.25) is 0 Å². The fourth-order valence-electron chi connectivity index (χ4n) is 1.63. The van der Waals surface area contributed by atoms with E-state index in [4.69, 9.17) is 10.5 Å². The highest BCUT2D eigenvalue weighted by atomic mass is 16.5. The van der Waals surface area contributed by atoms with Crippen molar-refractivity contribution in [3.8, 4) is 5.75 Å². The maximum atomic E-state index is 5.84. The van der Waals surface area contributed by atoms with Crippen molar-refractivity contribution >= 4 is 5.69 Å². The van der Waals surface area contributed by atoms with Crippen LogP contribution in [0.1, 0.15) is 11.1 Å². The summed E-state index contributed by atoms with van der Waals surface area (Å²) in [5, 5.41) is 0. The van der Waals surface area contributed by atoms with Crippen molar-refractivity contribution in [1.29, 1.82) is 0 Å². The lowest BCUT2D eigenvalue weighted by Crippen LogP contribution is -1.95. The molecule has 16 heavy (non-hydrogen) atoms. The Morgan fingerprint density at radius 3 is 2.75 bits per heavy atom. The fourth-order valence-corrected chi connectivity index (χ4v) is 1.63. The summed E-state index contributed by atoms with van der Waals surface area (Å²) in [6.07, 6.45) is 4.47. The number of nitrogens with two attached hydrogens (primary N) is 1. The number of methoxy groups -OCH3 is 1. The summed E-state index contributed by atoms with van der Waals surface area (Å²) < 4.78 is 5.11. The van der Waals surface area contributed by atoms with Gasteiger partial charge in [0.1, 0.15) is 5.75 Å². The van der Waals surface area contributed by atoms with Gasteiger partial charge in [0.15, 0.2) is 0 Å². The zero-order valence-corrected chi connectivity index (χ0v) is 9.18. The Labute approximate surface area is 94.9 Å². The number of aromatic nitrogens is 1. The number of ether oxygens (including phenoxy) is 1. The summed E-state index contributed by atoms with van der Waals surface area (Å²) in [5.74, 6) is 0.718. The van der Waals surface area contributed by atoms with E-state index >= 15 is 0 Å². The van der Waals surface area contributed by atoms with Gasteiger partial charge < -0.3 is 10.5 Å². The van der Waals surface area contributed by atoms with Crippen LogP contribution >= 0.6 is 0 Å². The number of pyridine rings is 1. The first-order chi connectivity index (χ1) is 7.79. The number of nitrogen functional groups attached to an aromatic ring is 1. The average Bonchev–Trinajstić information content (AvgIpc) is 2.31. The minimum Gasteiger partial charge on any atom is -0.495 e. The van der Waals surface area contributed by atoms with Crippen molar-refractivity contribution in [1.82, 2.24) is 4.98 Å². The van der Waals surface area contributed by atoms with Crippen LogP contribution in [0.3, 0.4) is 0 Å². The van der Waals surface area contributed by atoms with Gasteiger partial charge in [0.25, 0.3) is 0 Å². The number of nitrogens with zero attached hydrogens (tertiary/aromatic N) is 1. The molecule has 1 aromatic carbocycles. The Kier molecular flexibility index (Phi) is 3.05. The predicted octanol–water partition coefficient (Wildman–Crippen LogP) is 2.26. The van der Waals surface area contributed by atoms with Crippen LogP contribution in [0.15, 0.2) is 42.7 Å². The van der Waals surface area contributed by atoms with Crippen LogP contribution in [0.2, 0.25) is 0 Å². The quantitative estimate of drug-likeness (QED) is 0.797. The van der Waals surface area contributed by atoms with Crippen molar-refractivity contribution in [2.24, 2.45) is 0 Å². The molecule has 0 atom stereocenters. The van der Waals surface area contributed by atoms with Crippen LogP contribution in [0.25, 0.3) is 0 Å². The summed E-state index contributed by atoms with van der Waals surface area (Å²) in [5.41, 5.74) is 8.85. The Bertz CT molecular complexity index is 469. The van der Waals surface area contributed by atoms with Gasteiger partial charge in [-0.1, -0.05) is 12.1 Å². The van der Waals surface area contributed by atoms with Gasteiger partial charge in [-0.25, -0.2) is 0 Å². The smallest absolute Gasteiger partial charge is 0.141 e. The molecule has 0 bridgehead atoms. The molecule has 1 aromatic heterocycles. The highest BCUT2D eigenvalue weighted by molar-refractivity contribution is 5.54. The first-order valence-electron chi connectivity index (χ1n) is 5.11. The fraction of sp³-hybridized carbons (Fsp3) is 0.154. The Hall–Kier alpha value is -2.03. The van der Waals surface area contributed by atoms with Gasteiger partial charge in [-0.2, -0.15) is 0 Å². The monoisotopic (exact) mass is 214 g/mol. The molecular weight excluding hydrogens is 200 g/mol. The van der Waals surface area contributed by atoms with Crippen LogP contribution in [-0.4, -0.2) is 12.1 Å². The molecule has 0 aliphatic rings. The minimum absolute atomic E-state index is 0.670. The van der Waals surface area contributed by atoms with Gasteiger partial charge in [-0.15, -0.1) is 0 Å². The highest BCUT2D eigenvalue weighted by Crippen LogP contribution is 2.23. The van der Waals surface area contributed by atoms with Crippen molar-refractivity contribution in [2.75, 3.05) is 12.8 Å². The molecular formula is C13H14N2O. The first-order valence-corrected chi connectivity index (χ1v) is 5.11. The Morgan fingerprint density at radius 1 is 1.25 bits per heavy atom. The van der Waals surface area contributed by atoms with E-state index < -0.39 is 0 Å². The summed E-state index contributed by atoms with van der Waals surface area (Å²) in [6.45, 7) is 0. The molecule has 0 aliphatic heterocycles. The molecule has 0 saturated heterocycles. The van der Waals surface area contributed by atoms with E-state index in [1.54, 1.807) is 13.3 Å². The predicted molar refractivity (Wildman–Crippen MR) is 64.4 cm³/mol. The van der Waals surface area contributed by atoms with Crippen molar-refractivity contribution in [3.05, 3.63) is 53.9 Å². The normalized spacial score (nSPS) is 10.1. The molecule has 0 saturated carbocycles. The van der Waals surface area contributed by atoms with Crippen LogP contribution in [0, 0.1) is 0 Å². The number of rotatable bonds is 3. The third-order valence-electron chi connectivity index (χ3n) is 2.43. The minimum atomic E-state index is 0.670. The number of hydrogen-bond donors (Lipinski definition) is 1. The van der Waals surface area contributed by atoms with Gasteiger partial charge in [-0.3, -0.25) is 4.98 Å². The topological polar surface area (TPSA) is 48.1 Å². The van der Waals surface area contributed by atoms with Crippen molar-refractivity contribution in [2.45, 2.75) is 6.42 Å².